The molecule has 0 atom stereocenters. The van der Waals surface area contributed by atoms with Crippen molar-refractivity contribution in [2.24, 2.45) is 0 Å². The molecule has 0 aromatic heterocycles. The molecular formula is C18Co3Fe4N18. The third kappa shape index (κ3) is 1380. The summed E-state index contributed by atoms with van der Waals surface area (Å²) in [4.78, 5) is 0. The SMILES string of the molecule is [C-]#N.[C-]#N.[C-]#N.[C-]#N.[C-]#N.[C-]#N.[C-]#N.[C-]#N.[C-]#N.[C-]#N.[C-]#N.[C-]#N.[C-]#N.[C-]#N.[C-]#N.[C-]#N.[C-]#N.[C-]#N.[Co+2].[Co+2].[Co+2].[Fe+3].[Fe+3].[Fe+3].[Fe+3]. The summed E-state index contributed by atoms with van der Waals surface area (Å²) in [7, 11) is 0. The van der Waals surface area contributed by atoms with E-state index in [2.05, 4.69) is 0 Å². The topological polar surface area (TPSA) is 428 Å². The minimum Gasteiger partial charge on any atom is -0.512 e. The molecule has 0 aliphatic rings. The molecule has 43 heavy (non-hydrogen) atoms. The van der Waals surface area contributed by atoms with Crippen LogP contribution in [0.25, 0.3) is 0 Å². The van der Waals surface area contributed by atoms with Crippen LogP contribution in [0.5, 0.6) is 0 Å². The Balaban J connectivity index is -0.00000000344. The maximum atomic E-state index is 6.25. The fraction of sp³-hybridized carbons (Fsp3) is 0. The van der Waals surface area contributed by atoms with Crippen molar-refractivity contribution in [3.8, 4) is 0 Å². The zero-order valence-corrected chi connectivity index (χ0v) is 27.0. The molecule has 0 saturated carbocycles. The summed E-state index contributed by atoms with van der Waals surface area (Å²) < 4.78 is 0. The number of rotatable bonds is 0. The average Bonchev–Trinajstić information content (AvgIpc) is 3.13. The van der Waals surface area contributed by atoms with Gasteiger partial charge < -0.3 is 213 Å². The Morgan fingerprint density at radius 2 is 0.116 bits per heavy atom. The van der Waals surface area contributed by atoms with Crippen LogP contribution in [0.2, 0.25) is 0 Å². The molecule has 0 spiro atoms. The van der Waals surface area contributed by atoms with Crippen LogP contribution in [-0.2, 0) is 119 Å². The van der Waals surface area contributed by atoms with Gasteiger partial charge in [0, 0.05) is 0 Å². The van der Waals surface area contributed by atoms with Crippen LogP contribution in [0, 0.1) is 213 Å². The minimum atomic E-state index is 0. The molecule has 25 heteroatoms. The van der Waals surface area contributed by atoms with Crippen molar-refractivity contribution < 1.29 is 119 Å². The van der Waals surface area contributed by atoms with Crippen LogP contribution in [-0.4, -0.2) is 0 Å². The van der Waals surface area contributed by atoms with Crippen LogP contribution >= 0.6 is 0 Å². The van der Waals surface area contributed by atoms with E-state index in [-0.39, 0.29) is 119 Å². The molecule has 0 saturated heterocycles. The molecule has 0 fully saturated rings. The van der Waals surface area contributed by atoms with Crippen molar-refractivity contribution in [1.82, 2.24) is 0 Å². The first-order chi connectivity index (χ1) is 18.0. The first-order valence-corrected chi connectivity index (χ1v) is 4.02. The largest absolute Gasteiger partial charge is 3.00 e. The van der Waals surface area contributed by atoms with Crippen LogP contribution in [0.4, 0.5) is 0 Å². The zero-order chi connectivity index (χ0) is 36.0. The first kappa shape index (κ1) is 322. The molecule has 0 aliphatic carbocycles. The summed E-state index contributed by atoms with van der Waals surface area (Å²) in [6.07, 6.45) is 0. The Bertz CT molecular complexity index is 381. The Labute approximate surface area is 328 Å². The first-order valence-electron chi connectivity index (χ1n) is 4.02. The monoisotopic (exact) mass is 869 g/mol. The molecule has 0 aromatic rings. The third-order valence-electron chi connectivity index (χ3n) is 0. The summed E-state index contributed by atoms with van der Waals surface area (Å²) in [5, 5.41) is 112. The van der Waals surface area contributed by atoms with Gasteiger partial charge in [0.05, 0.1) is 0 Å². The van der Waals surface area contributed by atoms with E-state index in [1.165, 1.54) is 0 Å². The van der Waals surface area contributed by atoms with Gasteiger partial charge in [-0.3, -0.25) is 0 Å². The van der Waals surface area contributed by atoms with E-state index in [0.717, 1.165) is 0 Å². The van der Waals surface area contributed by atoms with Gasteiger partial charge in [0.15, 0.2) is 0 Å². The number of hydrogen-bond acceptors (Lipinski definition) is 18. The molecule has 0 amide bonds. The number of nitrogens with zero attached hydrogens (tertiary/aromatic N) is 18. The van der Waals surface area contributed by atoms with E-state index < -0.39 is 0 Å². The molecule has 0 aliphatic heterocycles. The number of hydrogen-bond donors (Lipinski definition) is 0. The maximum absolute atomic E-state index is 6.25. The predicted octanol–water partition coefficient (Wildman–Crippen LogP) is 1.72. The molecular weight excluding hydrogens is 869 g/mol. The molecule has 0 N–H and O–H groups in total. The van der Waals surface area contributed by atoms with E-state index in [1.54, 1.807) is 0 Å². The average molecular weight is 869 g/mol. The fourth-order valence-electron chi connectivity index (χ4n) is 0. The fourth-order valence-corrected chi connectivity index (χ4v) is 0. The van der Waals surface area contributed by atoms with E-state index in [1.807, 2.05) is 0 Å². The molecule has 0 bridgehead atoms. The second-order valence-electron chi connectivity index (χ2n) is 0. The maximum Gasteiger partial charge on any atom is 3.00 e. The normalized spacial score (nSPS) is 0.837. The van der Waals surface area contributed by atoms with Gasteiger partial charge in [-0.05, 0) is 0 Å². The molecule has 0 rings (SSSR count). The van der Waals surface area contributed by atoms with Crippen LogP contribution in [0.15, 0.2) is 0 Å². The molecule has 7 radical (unpaired) electrons. The molecule has 18 nitrogen and oxygen atoms in total. The van der Waals surface area contributed by atoms with Crippen molar-refractivity contribution in [2.45, 2.75) is 0 Å². The summed E-state index contributed by atoms with van der Waals surface area (Å²) in [6, 6.07) is 0. The third-order valence-corrected chi connectivity index (χ3v) is 0. The second-order valence-corrected chi connectivity index (χ2v) is 0. The van der Waals surface area contributed by atoms with E-state index in [9.17, 15) is 0 Å². The van der Waals surface area contributed by atoms with E-state index >= 15 is 0 Å². The van der Waals surface area contributed by atoms with Gasteiger partial charge >= 0.3 is 119 Å². The van der Waals surface area contributed by atoms with Crippen LogP contribution < -0.4 is 0 Å². The summed E-state index contributed by atoms with van der Waals surface area (Å²) in [5.74, 6) is 0. The van der Waals surface area contributed by atoms with Gasteiger partial charge in [-0.1, -0.05) is 0 Å². The van der Waals surface area contributed by atoms with Crippen molar-refractivity contribution >= 4 is 0 Å². The van der Waals surface area contributed by atoms with Gasteiger partial charge in [-0.25, -0.2) is 0 Å². The summed E-state index contributed by atoms with van der Waals surface area (Å²) in [5.41, 5.74) is 0. The van der Waals surface area contributed by atoms with Crippen molar-refractivity contribution in [1.29, 1.82) is 94.7 Å². The van der Waals surface area contributed by atoms with Gasteiger partial charge in [0.2, 0.25) is 0 Å². The van der Waals surface area contributed by atoms with Gasteiger partial charge in [-0.15, -0.1) is 0 Å². The summed E-state index contributed by atoms with van der Waals surface area (Å²) in [6.45, 7) is 85.5. The van der Waals surface area contributed by atoms with Crippen molar-refractivity contribution in [2.75, 3.05) is 0 Å². The molecule has 221 valence electrons. The van der Waals surface area contributed by atoms with Crippen LogP contribution in [0.3, 0.4) is 0 Å². The molecule has 0 aromatic carbocycles. The predicted molar refractivity (Wildman–Crippen MR) is 89.4 cm³/mol. The standard InChI is InChI=1S/18CN.3Co.4Fe/c18*1-2;;;;;;;/q18*-1;3*+2;4*+3. The smallest absolute Gasteiger partial charge is 0.512 e. The van der Waals surface area contributed by atoms with Gasteiger partial charge in [0.1, 0.15) is 0 Å². The second kappa shape index (κ2) is 1470. The molecule has 0 unspecified atom stereocenters. The Morgan fingerprint density at radius 1 is 0.116 bits per heavy atom. The summed E-state index contributed by atoms with van der Waals surface area (Å²) >= 11 is 0. The molecule has 0 heterocycles. The Hall–Kier alpha value is -5.58. The Kier molecular flexibility index (Phi) is 11000. The van der Waals surface area contributed by atoms with Crippen LogP contribution in [0.1, 0.15) is 0 Å². The quantitative estimate of drug-likeness (QED) is 0.247. The van der Waals surface area contributed by atoms with Crippen molar-refractivity contribution in [3.63, 3.8) is 0 Å². The minimum absolute atomic E-state index is 0. The van der Waals surface area contributed by atoms with Gasteiger partial charge in [0.25, 0.3) is 0 Å². The van der Waals surface area contributed by atoms with E-state index in [4.69, 9.17) is 213 Å². The van der Waals surface area contributed by atoms with Crippen molar-refractivity contribution in [3.05, 3.63) is 118 Å². The zero-order valence-electron chi connectivity index (χ0n) is 19.5. The van der Waals surface area contributed by atoms with E-state index in [0.29, 0.717) is 0 Å². The Morgan fingerprint density at radius 3 is 0.116 bits per heavy atom. The van der Waals surface area contributed by atoms with Gasteiger partial charge in [-0.2, -0.15) is 0 Å².